The molecule has 1 saturated heterocycles. The van der Waals surface area contributed by atoms with Crippen molar-refractivity contribution >= 4 is 27.7 Å². The summed E-state index contributed by atoms with van der Waals surface area (Å²) in [5, 5.41) is 5.43. The largest absolute Gasteiger partial charge is 0.338 e. The van der Waals surface area contributed by atoms with E-state index in [2.05, 4.69) is 25.6 Å². The van der Waals surface area contributed by atoms with Crippen LogP contribution < -0.4 is 15.5 Å². The molecular formula is C21H23N7O3S. The van der Waals surface area contributed by atoms with Gasteiger partial charge < -0.3 is 15.5 Å². The summed E-state index contributed by atoms with van der Waals surface area (Å²) >= 11 is 0. The van der Waals surface area contributed by atoms with Crippen LogP contribution in [0.2, 0.25) is 0 Å². The molecule has 166 valence electrons. The van der Waals surface area contributed by atoms with Gasteiger partial charge in [-0.25, -0.2) is 23.2 Å². The summed E-state index contributed by atoms with van der Waals surface area (Å²) in [5.74, 6) is 0.599. The molecule has 2 aromatic heterocycles. The molecule has 0 spiro atoms. The van der Waals surface area contributed by atoms with Gasteiger partial charge in [0.2, 0.25) is 16.0 Å². The monoisotopic (exact) mass is 453 g/mol. The van der Waals surface area contributed by atoms with Gasteiger partial charge in [-0.15, -0.1) is 0 Å². The van der Waals surface area contributed by atoms with Crippen LogP contribution in [0.1, 0.15) is 5.56 Å². The summed E-state index contributed by atoms with van der Waals surface area (Å²) in [6, 6.07) is 11.2. The van der Waals surface area contributed by atoms with Crippen molar-refractivity contribution in [1.29, 1.82) is 0 Å². The number of nitrogens with one attached hydrogen (secondary N) is 2. The molecule has 0 unspecified atom stereocenters. The van der Waals surface area contributed by atoms with Crippen LogP contribution >= 0.6 is 0 Å². The normalized spacial score (nSPS) is 14.7. The molecule has 4 rings (SSSR count). The number of sulfonamides is 1. The second-order valence-electron chi connectivity index (χ2n) is 7.13. The lowest BCUT2D eigenvalue weighted by Crippen LogP contribution is -2.49. The Hall–Kier alpha value is -3.57. The molecule has 0 bridgehead atoms. The second kappa shape index (κ2) is 9.71. The Morgan fingerprint density at radius 2 is 1.66 bits per heavy atom. The van der Waals surface area contributed by atoms with Crippen LogP contribution in [0, 0.1) is 0 Å². The van der Waals surface area contributed by atoms with Crippen molar-refractivity contribution in [3.63, 3.8) is 0 Å². The number of carbonyl (C=O) groups is 1. The van der Waals surface area contributed by atoms with Crippen molar-refractivity contribution in [2.75, 3.05) is 36.4 Å². The van der Waals surface area contributed by atoms with E-state index < -0.39 is 10.0 Å². The Morgan fingerprint density at radius 1 is 0.938 bits per heavy atom. The molecule has 32 heavy (non-hydrogen) atoms. The highest BCUT2D eigenvalue weighted by Gasteiger charge is 2.29. The summed E-state index contributed by atoms with van der Waals surface area (Å²) in [5.41, 5.74) is 1.38. The number of piperazine rings is 1. The minimum atomic E-state index is -3.63. The number of rotatable bonds is 6. The van der Waals surface area contributed by atoms with E-state index in [0.717, 1.165) is 5.56 Å². The maximum Gasteiger partial charge on any atom is 0.319 e. The van der Waals surface area contributed by atoms with E-state index in [4.69, 9.17) is 0 Å². The van der Waals surface area contributed by atoms with Crippen molar-refractivity contribution in [1.82, 2.24) is 24.6 Å². The van der Waals surface area contributed by atoms with E-state index in [1.165, 1.54) is 16.4 Å². The number of nitrogens with zero attached hydrogens (tertiary/aromatic N) is 5. The van der Waals surface area contributed by atoms with Gasteiger partial charge in [0.15, 0.2) is 0 Å². The van der Waals surface area contributed by atoms with Crippen molar-refractivity contribution in [2.45, 2.75) is 11.4 Å². The van der Waals surface area contributed by atoms with Crippen LogP contribution in [0.3, 0.4) is 0 Å². The predicted molar refractivity (Wildman–Crippen MR) is 120 cm³/mol. The Morgan fingerprint density at radius 3 is 2.31 bits per heavy atom. The SMILES string of the molecule is O=C(NCc1cccnc1)Nc1ccc(S(=O)(=O)N2CCN(c3ncccn3)CC2)cc1. The fraction of sp³-hybridized carbons (Fsp3) is 0.238. The van der Waals surface area contributed by atoms with Crippen molar-refractivity contribution in [2.24, 2.45) is 0 Å². The predicted octanol–water partition coefficient (Wildman–Crippen LogP) is 1.70. The summed E-state index contributed by atoms with van der Waals surface area (Å²) in [4.78, 5) is 26.7. The van der Waals surface area contributed by atoms with Gasteiger partial charge in [0.05, 0.1) is 4.90 Å². The van der Waals surface area contributed by atoms with Gasteiger partial charge in [0.1, 0.15) is 0 Å². The molecule has 0 saturated carbocycles. The van der Waals surface area contributed by atoms with Crippen molar-refractivity contribution in [3.05, 3.63) is 72.8 Å². The lowest BCUT2D eigenvalue weighted by Gasteiger charge is -2.33. The molecule has 1 aromatic carbocycles. The first-order chi connectivity index (χ1) is 15.5. The molecule has 1 fully saturated rings. The summed E-state index contributed by atoms with van der Waals surface area (Å²) in [7, 11) is -3.63. The van der Waals surface area contributed by atoms with Crippen LogP contribution in [0.5, 0.6) is 0 Å². The molecule has 3 aromatic rings. The maximum atomic E-state index is 13.0. The number of aromatic nitrogens is 3. The molecule has 0 atom stereocenters. The molecule has 1 aliphatic heterocycles. The minimum absolute atomic E-state index is 0.184. The Labute approximate surface area is 186 Å². The third kappa shape index (κ3) is 5.18. The summed E-state index contributed by atoms with van der Waals surface area (Å²) in [6.45, 7) is 2.06. The third-order valence-corrected chi connectivity index (χ3v) is 6.91. The molecule has 0 radical (unpaired) electrons. The first-order valence-electron chi connectivity index (χ1n) is 10.1. The van der Waals surface area contributed by atoms with E-state index in [1.807, 2.05) is 11.0 Å². The number of anilines is 2. The molecule has 11 heteroatoms. The van der Waals surface area contributed by atoms with Crippen molar-refractivity contribution in [3.8, 4) is 0 Å². The van der Waals surface area contributed by atoms with Crippen LogP contribution in [0.4, 0.5) is 16.4 Å². The van der Waals surface area contributed by atoms with E-state index in [9.17, 15) is 13.2 Å². The number of hydrogen-bond acceptors (Lipinski definition) is 7. The van der Waals surface area contributed by atoms with E-state index in [-0.39, 0.29) is 10.9 Å². The fourth-order valence-corrected chi connectivity index (χ4v) is 4.72. The van der Waals surface area contributed by atoms with Gasteiger partial charge >= 0.3 is 6.03 Å². The minimum Gasteiger partial charge on any atom is -0.338 e. The molecule has 3 heterocycles. The topological polar surface area (TPSA) is 120 Å². The zero-order valence-corrected chi connectivity index (χ0v) is 18.1. The number of pyridine rings is 1. The van der Waals surface area contributed by atoms with Crippen LogP contribution in [0.15, 0.2) is 72.1 Å². The van der Waals surface area contributed by atoms with Gasteiger partial charge in [-0.3, -0.25) is 4.98 Å². The van der Waals surface area contributed by atoms with E-state index in [1.54, 1.807) is 49.1 Å². The van der Waals surface area contributed by atoms with Gasteiger partial charge in [0, 0.05) is 63.2 Å². The Balaban J connectivity index is 1.32. The molecule has 2 amide bonds. The summed E-state index contributed by atoms with van der Waals surface area (Å²) in [6.07, 6.45) is 6.67. The van der Waals surface area contributed by atoms with Gasteiger partial charge in [-0.05, 0) is 42.0 Å². The highest BCUT2D eigenvalue weighted by molar-refractivity contribution is 7.89. The van der Waals surface area contributed by atoms with Gasteiger partial charge in [-0.2, -0.15) is 4.31 Å². The summed E-state index contributed by atoms with van der Waals surface area (Å²) < 4.78 is 27.4. The number of carbonyl (C=O) groups excluding carboxylic acids is 1. The standard InChI is InChI=1S/C21H23N7O3S/c29-21(25-16-17-3-1-8-22-15-17)26-18-4-6-19(7-5-18)32(30,31)28-13-11-27(12-14-28)20-23-9-2-10-24-20/h1-10,15H,11-14,16H2,(H2,25,26,29). The zero-order valence-electron chi connectivity index (χ0n) is 17.3. The quantitative estimate of drug-likeness (QED) is 0.583. The van der Waals surface area contributed by atoms with Gasteiger partial charge in [-0.1, -0.05) is 6.07 Å². The van der Waals surface area contributed by atoms with Crippen molar-refractivity contribution < 1.29 is 13.2 Å². The maximum absolute atomic E-state index is 13.0. The average molecular weight is 454 g/mol. The van der Waals surface area contributed by atoms with E-state index in [0.29, 0.717) is 44.4 Å². The Kier molecular flexibility index (Phi) is 6.57. The average Bonchev–Trinajstić information content (AvgIpc) is 2.84. The number of hydrogen-bond donors (Lipinski definition) is 2. The highest BCUT2D eigenvalue weighted by atomic mass is 32.2. The zero-order chi connectivity index (χ0) is 22.4. The van der Waals surface area contributed by atoms with Gasteiger partial charge in [0.25, 0.3) is 0 Å². The lowest BCUT2D eigenvalue weighted by molar-refractivity contribution is 0.251. The molecular weight excluding hydrogens is 430 g/mol. The fourth-order valence-electron chi connectivity index (χ4n) is 3.30. The van der Waals surface area contributed by atoms with Crippen LogP contribution in [0.25, 0.3) is 0 Å². The molecule has 1 aliphatic rings. The van der Waals surface area contributed by atoms with Crippen LogP contribution in [-0.2, 0) is 16.6 Å². The second-order valence-corrected chi connectivity index (χ2v) is 9.07. The first kappa shape index (κ1) is 21.7. The lowest BCUT2D eigenvalue weighted by atomic mass is 10.3. The molecule has 0 aliphatic carbocycles. The van der Waals surface area contributed by atoms with E-state index >= 15 is 0 Å². The number of urea groups is 1. The first-order valence-corrected chi connectivity index (χ1v) is 11.5. The third-order valence-electron chi connectivity index (χ3n) is 5.00. The number of amides is 2. The Bertz CT molecular complexity index is 1140. The molecule has 10 nitrogen and oxygen atoms in total. The molecule has 2 N–H and O–H groups in total. The number of benzene rings is 1. The van der Waals surface area contributed by atoms with Crippen LogP contribution in [-0.4, -0.2) is 59.9 Å². The highest BCUT2D eigenvalue weighted by Crippen LogP contribution is 2.21. The smallest absolute Gasteiger partial charge is 0.319 e.